The summed E-state index contributed by atoms with van der Waals surface area (Å²) in [5.41, 5.74) is 7.15. The molecule has 8 nitrogen and oxygen atoms in total. The van der Waals surface area contributed by atoms with E-state index in [0.29, 0.717) is 5.82 Å². The standard InChI is InChI=1S/C29H27N7O/c1-17-33-34-28-35(17)25-16-30-24-12-6-19(20-7-13-26(31-15-20)32-18(2)37)14-23(24)27(25)36(28)22-10-8-21(9-11-22)29(3,4)5/h6-16H,1-5H3,(H,31,32,37). The van der Waals surface area contributed by atoms with Crippen LogP contribution in [0.2, 0.25) is 0 Å². The van der Waals surface area contributed by atoms with Gasteiger partial charge in [0.25, 0.3) is 0 Å². The average molecular weight is 490 g/mol. The monoisotopic (exact) mass is 489 g/mol. The number of aromatic nitrogens is 6. The summed E-state index contributed by atoms with van der Waals surface area (Å²) in [6, 6.07) is 18.6. The molecule has 0 aliphatic rings. The lowest BCUT2D eigenvalue weighted by molar-refractivity contribution is -0.114. The van der Waals surface area contributed by atoms with Gasteiger partial charge in [0.1, 0.15) is 11.6 Å². The summed E-state index contributed by atoms with van der Waals surface area (Å²) in [7, 11) is 0. The fourth-order valence-electron chi connectivity index (χ4n) is 4.80. The van der Waals surface area contributed by atoms with Gasteiger partial charge in [0.2, 0.25) is 11.7 Å². The quantitative estimate of drug-likeness (QED) is 0.337. The van der Waals surface area contributed by atoms with E-state index in [1.165, 1.54) is 12.5 Å². The fraction of sp³-hybridized carbons (Fsp3) is 0.207. The van der Waals surface area contributed by atoms with E-state index in [2.05, 4.69) is 80.6 Å². The molecule has 0 atom stereocenters. The van der Waals surface area contributed by atoms with E-state index < -0.39 is 0 Å². The number of pyridine rings is 2. The third kappa shape index (κ3) is 3.81. The van der Waals surface area contributed by atoms with E-state index in [9.17, 15) is 4.79 Å². The molecular weight excluding hydrogens is 462 g/mol. The van der Waals surface area contributed by atoms with Crippen LogP contribution in [0.25, 0.3) is 44.5 Å². The Bertz CT molecular complexity index is 1800. The molecule has 0 aliphatic carbocycles. The molecular formula is C29H27N7O. The number of aryl methyl sites for hydroxylation is 1. The normalized spacial score (nSPS) is 12.0. The SMILES string of the molecule is CC(=O)Nc1ccc(-c2ccc3ncc4c(c3c2)n(-c2ccc(C(C)(C)C)cc2)c2nnc(C)n42)cn1. The molecule has 0 aliphatic heterocycles. The first-order valence-corrected chi connectivity index (χ1v) is 12.2. The van der Waals surface area contributed by atoms with Crippen LogP contribution < -0.4 is 5.32 Å². The Morgan fingerprint density at radius 3 is 2.32 bits per heavy atom. The van der Waals surface area contributed by atoms with Crippen molar-refractivity contribution in [2.24, 2.45) is 0 Å². The van der Waals surface area contributed by atoms with Gasteiger partial charge in [0.15, 0.2) is 0 Å². The zero-order chi connectivity index (χ0) is 25.9. The van der Waals surface area contributed by atoms with Crippen molar-refractivity contribution in [3.05, 3.63) is 78.4 Å². The van der Waals surface area contributed by atoms with E-state index in [1.807, 2.05) is 37.4 Å². The molecule has 0 spiro atoms. The Hall–Kier alpha value is -4.59. The van der Waals surface area contributed by atoms with Crippen LogP contribution in [0.4, 0.5) is 5.82 Å². The summed E-state index contributed by atoms with van der Waals surface area (Å²) in [6.07, 6.45) is 3.66. The molecule has 0 unspecified atom stereocenters. The van der Waals surface area contributed by atoms with Crippen LogP contribution in [0.5, 0.6) is 0 Å². The minimum atomic E-state index is -0.148. The summed E-state index contributed by atoms with van der Waals surface area (Å²) in [4.78, 5) is 20.5. The summed E-state index contributed by atoms with van der Waals surface area (Å²) in [5.74, 6) is 1.93. The number of carbonyl (C=O) groups is 1. The number of hydrogen-bond donors (Lipinski definition) is 1. The fourth-order valence-corrected chi connectivity index (χ4v) is 4.80. The molecule has 1 amide bonds. The van der Waals surface area contributed by atoms with Crippen molar-refractivity contribution >= 4 is 39.4 Å². The smallest absolute Gasteiger partial charge is 0.241 e. The Labute approximate surface area is 214 Å². The number of imidazole rings is 1. The number of amides is 1. The molecule has 8 heteroatoms. The maximum absolute atomic E-state index is 11.4. The third-order valence-electron chi connectivity index (χ3n) is 6.68. The summed E-state index contributed by atoms with van der Waals surface area (Å²) in [5, 5.41) is 12.6. The molecule has 6 aromatic rings. The molecule has 2 aromatic carbocycles. The molecule has 0 saturated carbocycles. The summed E-state index contributed by atoms with van der Waals surface area (Å²) in [6.45, 7) is 10.1. The zero-order valence-electron chi connectivity index (χ0n) is 21.4. The van der Waals surface area contributed by atoms with Gasteiger partial charge in [-0.1, -0.05) is 39.0 Å². The van der Waals surface area contributed by atoms with E-state index in [-0.39, 0.29) is 11.3 Å². The lowest BCUT2D eigenvalue weighted by atomic mass is 9.87. The Morgan fingerprint density at radius 1 is 0.892 bits per heavy atom. The van der Waals surface area contributed by atoms with Crippen LogP contribution in [-0.2, 0) is 10.2 Å². The van der Waals surface area contributed by atoms with Gasteiger partial charge in [0.05, 0.1) is 22.7 Å². The Balaban J connectivity index is 1.59. The number of anilines is 1. The highest BCUT2D eigenvalue weighted by Gasteiger charge is 2.20. The van der Waals surface area contributed by atoms with Crippen molar-refractivity contribution in [3.8, 4) is 16.8 Å². The highest BCUT2D eigenvalue weighted by molar-refractivity contribution is 6.06. The van der Waals surface area contributed by atoms with E-state index in [1.54, 1.807) is 6.20 Å². The molecule has 6 rings (SSSR count). The summed E-state index contributed by atoms with van der Waals surface area (Å²) < 4.78 is 4.21. The number of benzene rings is 2. The highest BCUT2D eigenvalue weighted by Crippen LogP contribution is 2.34. The highest BCUT2D eigenvalue weighted by atomic mass is 16.1. The van der Waals surface area contributed by atoms with Gasteiger partial charge in [0, 0.05) is 29.8 Å². The second-order valence-corrected chi connectivity index (χ2v) is 10.4. The van der Waals surface area contributed by atoms with Gasteiger partial charge >= 0.3 is 0 Å². The number of hydrogen-bond acceptors (Lipinski definition) is 5. The van der Waals surface area contributed by atoms with Crippen LogP contribution in [0, 0.1) is 6.92 Å². The van der Waals surface area contributed by atoms with Crippen LogP contribution in [0.3, 0.4) is 0 Å². The van der Waals surface area contributed by atoms with Crippen molar-refractivity contribution in [2.45, 2.75) is 40.0 Å². The lowest BCUT2D eigenvalue weighted by Gasteiger charge is -2.19. The minimum absolute atomic E-state index is 0.0626. The first-order valence-electron chi connectivity index (χ1n) is 12.2. The lowest BCUT2D eigenvalue weighted by Crippen LogP contribution is -2.10. The van der Waals surface area contributed by atoms with Crippen LogP contribution >= 0.6 is 0 Å². The van der Waals surface area contributed by atoms with Crippen molar-refractivity contribution in [1.82, 2.24) is 29.1 Å². The number of fused-ring (bicyclic) bond motifs is 5. The van der Waals surface area contributed by atoms with Crippen molar-refractivity contribution < 1.29 is 4.79 Å². The number of carbonyl (C=O) groups excluding carboxylic acids is 1. The molecule has 0 radical (unpaired) electrons. The van der Waals surface area contributed by atoms with Gasteiger partial charge in [-0.3, -0.25) is 18.7 Å². The van der Waals surface area contributed by atoms with Crippen molar-refractivity contribution in [2.75, 3.05) is 5.32 Å². The molecule has 0 fully saturated rings. The molecule has 4 heterocycles. The molecule has 184 valence electrons. The molecule has 1 N–H and O–H groups in total. The van der Waals surface area contributed by atoms with Gasteiger partial charge in [-0.15, -0.1) is 10.2 Å². The average Bonchev–Trinajstić information content (AvgIpc) is 3.41. The van der Waals surface area contributed by atoms with E-state index >= 15 is 0 Å². The summed E-state index contributed by atoms with van der Waals surface area (Å²) >= 11 is 0. The first kappa shape index (κ1) is 22.8. The molecule has 0 bridgehead atoms. The molecule has 37 heavy (non-hydrogen) atoms. The van der Waals surface area contributed by atoms with Gasteiger partial charge in [-0.2, -0.15) is 0 Å². The first-order chi connectivity index (χ1) is 17.7. The number of rotatable bonds is 3. The predicted molar refractivity (Wildman–Crippen MR) is 146 cm³/mol. The zero-order valence-corrected chi connectivity index (χ0v) is 21.4. The van der Waals surface area contributed by atoms with Gasteiger partial charge < -0.3 is 5.32 Å². The van der Waals surface area contributed by atoms with Gasteiger partial charge in [-0.05, 0) is 59.9 Å². The maximum Gasteiger partial charge on any atom is 0.241 e. The maximum atomic E-state index is 11.4. The largest absolute Gasteiger partial charge is 0.311 e. The topological polar surface area (TPSA) is 90.0 Å². The Morgan fingerprint density at radius 2 is 1.65 bits per heavy atom. The van der Waals surface area contributed by atoms with Gasteiger partial charge in [-0.25, -0.2) is 4.98 Å². The predicted octanol–water partition coefficient (Wildman–Crippen LogP) is 5.85. The van der Waals surface area contributed by atoms with Crippen molar-refractivity contribution in [3.63, 3.8) is 0 Å². The van der Waals surface area contributed by atoms with Crippen LogP contribution in [-0.4, -0.2) is 35.0 Å². The van der Waals surface area contributed by atoms with Crippen molar-refractivity contribution in [1.29, 1.82) is 0 Å². The second kappa shape index (κ2) is 8.23. The minimum Gasteiger partial charge on any atom is -0.311 e. The number of nitrogens with zero attached hydrogens (tertiary/aromatic N) is 6. The third-order valence-corrected chi connectivity index (χ3v) is 6.68. The number of nitrogens with one attached hydrogen (secondary N) is 1. The van der Waals surface area contributed by atoms with Crippen LogP contribution in [0.1, 0.15) is 39.1 Å². The second-order valence-electron chi connectivity index (χ2n) is 10.4. The van der Waals surface area contributed by atoms with E-state index in [0.717, 1.165) is 50.4 Å². The Kier molecular flexibility index (Phi) is 5.08. The molecule has 0 saturated heterocycles. The molecule has 4 aromatic heterocycles. The van der Waals surface area contributed by atoms with E-state index in [4.69, 9.17) is 4.98 Å². The van der Waals surface area contributed by atoms with Crippen LogP contribution in [0.15, 0.2) is 67.0 Å².